The van der Waals surface area contributed by atoms with Crippen LogP contribution in [0.25, 0.3) is 0 Å². The smallest absolute Gasteiger partial charge is 0.318 e. The normalized spacial score (nSPS) is 11.6. The van der Waals surface area contributed by atoms with Crippen molar-refractivity contribution in [1.82, 2.24) is 10.2 Å². The van der Waals surface area contributed by atoms with Crippen LogP contribution < -0.4 is 11.1 Å². The molecule has 1 rings (SSSR count). The SMILES string of the molecule is CCc1ccc(C(C)NC(=O)C(=O)N(C=O)CCCN)cc1. The van der Waals surface area contributed by atoms with Crippen molar-refractivity contribution in [3.05, 3.63) is 35.4 Å². The van der Waals surface area contributed by atoms with Crippen molar-refractivity contribution >= 4 is 18.2 Å². The van der Waals surface area contributed by atoms with Crippen molar-refractivity contribution in [2.45, 2.75) is 32.7 Å². The van der Waals surface area contributed by atoms with Gasteiger partial charge in [-0.3, -0.25) is 19.3 Å². The van der Waals surface area contributed by atoms with Gasteiger partial charge in [-0.2, -0.15) is 0 Å². The minimum absolute atomic E-state index is 0.145. The van der Waals surface area contributed by atoms with E-state index in [2.05, 4.69) is 12.2 Å². The first-order valence-corrected chi connectivity index (χ1v) is 7.39. The summed E-state index contributed by atoms with van der Waals surface area (Å²) in [5.41, 5.74) is 7.44. The number of nitrogens with zero attached hydrogens (tertiary/aromatic N) is 1. The van der Waals surface area contributed by atoms with Gasteiger partial charge in [-0.05, 0) is 37.4 Å². The summed E-state index contributed by atoms with van der Waals surface area (Å²) < 4.78 is 0. The molecule has 22 heavy (non-hydrogen) atoms. The van der Waals surface area contributed by atoms with Crippen LogP contribution in [0.3, 0.4) is 0 Å². The van der Waals surface area contributed by atoms with E-state index in [1.807, 2.05) is 24.3 Å². The fourth-order valence-electron chi connectivity index (χ4n) is 1.98. The van der Waals surface area contributed by atoms with Crippen LogP contribution in [0.15, 0.2) is 24.3 Å². The van der Waals surface area contributed by atoms with Crippen molar-refractivity contribution in [2.24, 2.45) is 5.73 Å². The Bertz CT molecular complexity index is 514. The average molecular weight is 305 g/mol. The Labute approximate surface area is 130 Å². The standard InChI is InChI=1S/C16H23N3O3/c1-3-13-5-7-14(8-6-13)12(2)18-15(21)16(22)19(11-20)10-4-9-17/h5-8,11-12H,3-4,9-10,17H2,1-2H3,(H,18,21). The molecule has 0 fully saturated rings. The number of imide groups is 1. The van der Waals surface area contributed by atoms with E-state index in [1.54, 1.807) is 6.92 Å². The van der Waals surface area contributed by atoms with Crippen molar-refractivity contribution in [2.75, 3.05) is 13.1 Å². The predicted molar refractivity (Wildman–Crippen MR) is 83.8 cm³/mol. The summed E-state index contributed by atoms with van der Waals surface area (Å²) in [5, 5.41) is 2.60. The van der Waals surface area contributed by atoms with Crippen molar-refractivity contribution in [3.63, 3.8) is 0 Å². The van der Waals surface area contributed by atoms with Crippen LogP contribution in [0.5, 0.6) is 0 Å². The van der Waals surface area contributed by atoms with Crippen LogP contribution in [0.2, 0.25) is 0 Å². The van der Waals surface area contributed by atoms with Crippen molar-refractivity contribution in [1.29, 1.82) is 0 Å². The number of rotatable bonds is 7. The molecule has 0 aliphatic carbocycles. The summed E-state index contributed by atoms with van der Waals surface area (Å²) in [4.78, 5) is 35.5. The Kier molecular flexibility index (Phi) is 7.25. The fraction of sp³-hybridized carbons (Fsp3) is 0.438. The minimum Gasteiger partial charge on any atom is -0.341 e. The number of nitrogens with two attached hydrogens (primary N) is 1. The average Bonchev–Trinajstić information content (AvgIpc) is 2.55. The molecule has 0 aliphatic heterocycles. The van der Waals surface area contributed by atoms with Gasteiger partial charge in [0.25, 0.3) is 0 Å². The fourth-order valence-corrected chi connectivity index (χ4v) is 1.98. The van der Waals surface area contributed by atoms with E-state index in [0.717, 1.165) is 16.9 Å². The van der Waals surface area contributed by atoms with Gasteiger partial charge in [0.15, 0.2) is 0 Å². The third-order valence-corrected chi connectivity index (χ3v) is 3.42. The quantitative estimate of drug-likeness (QED) is 0.574. The molecular weight excluding hydrogens is 282 g/mol. The maximum absolute atomic E-state index is 11.9. The van der Waals surface area contributed by atoms with Gasteiger partial charge < -0.3 is 11.1 Å². The van der Waals surface area contributed by atoms with Crippen LogP contribution in [-0.4, -0.2) is 36.2 Å². The molecule has 0 saturated carbocycles. The molecule has 0 aromatic heterocycles. The van der Waals surface area contributed by atoms with Gasteiger partial charge >= 0.3 is 11.8 Å². The monoisotopic (exact) mass is 305 g/mol. The molecule has 0 saturated heterocycles. The third-order valence-electron chi connectivity index (χ3n) is 3.42. The Hall–Kier alpha value is -2.21. The first-order chi connectivity index (χ1) is 10.5. The lowest BCUT2D eigenvalue weighted by Crippen LogP contribution is -2.43. The molecule has 3 N–H and O–H groups in total. The number of carbonyl (C=O) groups is 3. The Morgan fingerprint density at radius 1 is 1.32 bits per heavy atom. The number of aryl methyl sites for hydroxylation is 1. The van der Waals surface area contributed by atoms with E-state index < -0.39 is 11.8 Å². The maximum Gasteiger partial charge on any atom is 0.318 e. The Balaban J connectivity index is 2.65. The summed E-state index contributed by atoms with van der Waals surface area (Å²) in [7, 11) is 0. The lowest BCUT2D eigenvalue weighted by Gasteiger charge is -2.18. The molecule has 120 valence electrons. The number of nitrogens with one attached hydrogen (secondary N) is 1. The molecular formula is C16H23N3O3. The zero-order chi connectivity index (χ0) is 16.5. The largest absolute Gasteiger partial charge is 0.341 e. The molecule has 1 atom stereocenters. The molecule has 6 heteroatoms. The van der Waals surface area contributed by atoms with Crippen LogP contribution in [0.4, 0.5) is 0 Å². The van der Waals surface area contributed by atoms with Gasteiger partial charge in [-0.25, -0.2) is 0 Å². The predicted octanol–water partition coefficient (Wildman–Crippen LogP) is 0.760. The number of hydrogen-bond donors (Lipinski definition) is 2. The molecule has 1 aromatic rings. The molecule has 0 spiro atoms. The van der Waals surface area contributed by atoms with Crippen LogP contribution >= 0.6 is 0 Å². The minimum atomic E-state index is -0.861. The number of benzene rings is 1. The maximum atomic E-state index is 11.9. The van der Waals surface area contributed by atoms with E-state index in [4.69, 9.17) is 5.73 Å². The van der Waals surface area contributed by atoms with E-state index in [1.165, 1.54) is 5.56 Å². The molecule has 1 aromatic carbocycles. The third kappa shape index (κ3) is 4.96. The molecule has 6 nitrogen and oxygen atoms in total. The van der Waals surface area contributed by atoms with Gasteiger partial charge in [-0.15, -0.1) is 0 Å². The number of hydrogen-bond acceptors (Lipinski definition) is 4. The zero-order valence-corrected chi connectivity index (χ0v) is 13.0. The molecule has 0 aliphatic rings. The van der Waals surface area contributed by atoms with E-state index in [-0.39, 0.29) is 12.6 Å². The Morgan fingerprint density at radius 2 is 1.95 bits per heavy atom. The van der Waals surface area contributed by atoms with Gasteiger partial charge in [0.1, 0.15) is 0 Å². The number of amides is 3. The second kappa shape index (κ2) is 8.94. The zero-order valence-electron chi connectivity index (χ0n) is 13.0. The molecule has 0 radical (unpaired) electrons. The van der Waals surface area contributed by atoms with Crippen LogP contribution in [-0.2, 0) is 20.8 Å². The Morgan fingerprint density at radius 3 is 2.45 bits per heavy atom. The molecule has 0 bridgehead atoms. The van der Waals surface area contributed by atoms with Gasteiger partial charge in [0.2, 0.25) is 6.41 Å². The molecule has 1 unspecified atom stereocenters. The van der Waals surface area contributed by atoms with E-state index in [0.29, 0.717) is 19.4 Å². The number of carbonyl (C=O) groups excluding carboxylic acids is 3. The summed E-state index contributed by atoms with van der Waals surface area (Å²) in [6.45, 7) is 4.34. The lowest BCUT2D eigenvalue weighted by atomic mass is 10.0. The van der Waals surface area contributed by atoms with Crippen molar-refractivity contribution in [3.8, 4) is 0 Å². The van der Waals surface area contributed by atoms with Gasteiger partial charge in [0, 0.05) is 6.54 Å². The first-order valence-electron chi connectivity index (χ1n) is 7.39. The molecule has 3 amide bonds. The van der Waals surface area contributed by atoms with Crippen molar-refractivity contribution < 1.29 is 14.4 Å². The van der Waals surface area contributed by atoms with E-state index >= 15 is 0 Å². The van der Waals surface area contributed by atoms with Gasteiger partial charge in [0.05, 0.1) is 6.04 Å². The second-order valence-corrected chi connectivity index (χ2v) is 5.04. The van der Waals surface area contributed by atoms with E-state index in [9.17, 15) is 14.4 Å². The highest BCUT2D eigenvalue weighted by Gasteiger charge is 2.22. The highest BCUT2D eigenvalue weighted by atomic mass is 16.2. The highest BCUT2D eigenvalue weighted by Crippen LogP contribution is 2.13. The summed E-state index contributed by atoms with van der Waals surface area (Å²) in [6, 6.07) is 7.49. The highest BCUT2D eigenvalue weighted by molar-refractivity contribution is 6.36. The summed E-state index contributed by atoms with van der Waals surface area (Å²) in [5.74, 6) is -1.66. The topological polar surface area (TPSA) is 92.5 Å². The van der Waals surface area contributed by atoms with Gasteiger partial charge in [-0.1, -0.05) is 31.2 Å². The second-order valence-electron chi connectivity index (χ2n) is 5.04. The molecule has 0 heterocycles. The van der Waals surface area contributed by atoms with Crippen LogP contribution in [0.1, 0.15) is 37.4 Å². The lowest BCUT2D eigenvalue weighted by molar-refractivity contribution is -0.149. The first kappa shape index (κ1) is 17.8. The summed E-state index contributed by atoms with van der Waals surface area (Å²) >= 11 is 0. The van der Waals surface area contributed by atoms with Crippen LogP contribution in [0, 0.1) is 0 Å². The summed E-state index contributed by atoms with van der Waals surface area (Å²) in [6.07, 6.45) is 1.76.